The number of aryl methyl sites for hydroxylation is 2. The molecule has 0 fully saturated rings. The fraction of sp³-hybridized carbons (Fsp3) is 0.333. The van der Waals surface area contributed by atoms with E-state index in [0.717, 1.165) is 0 Å². The Hall–Kier alpha value is -1.64. The van der Waals surface area contributed by atoms with Crippen LogP contribution in [0.2, 0.25) is 0 Å². The minimum atomic E-state index is -0.192. The van der Waals surface area contributed by atoms with Crippen molar-refractivity contribution in [3.63, 3.8) is 0 Å². The van der Waals surface area contributed by atoms with Crippen molar-refractivity contribution in [2.24, 2.45) is 0 Å². The number of carbonyl (C=O) groups excluding carboxylic acids is 2. The van der Waals surface area contributed by atoms with Gasteiger partial charge in [0.15, 0.2) is 5.78 Å². The van der Waals surface area contributed by atoms with Crippen LogP contribution in [0.3, 0.4) is 0 Å². The number of aromatic hydroxyl groups is 1. The zero-order chi connectivity index (χ0) is 11.6. The molecule has 0 bridgehead atoms. The molecule has 15 heavy (non-hydrogen) atoms. The highest BCUT2D eigenvalue weighted by Gasteiger charge is 2.13. The van der Waals surface area contributed by atoms with Crippen LogP contribution in [-0.4, -0.2) is 16.7 Å². The maximum absolute atomic E-state index is 11.6. The molecule has 0 spiro atoms. The molecule has 1 aromatic rings. The van der Waals surface area contributed by atoms with Crippen LogP contribution in [0.4, 0.5) is 0 Å². The first-order chi connectivity index (χ1) is 6.91. The fourth-order valence-corrected chi connectivity index (χ4v) is 1.42. The third kappa shape index (κ3) is 2.65. The molecular weight excluding hydrogens is 192 g/mol. The molecule has 0 unspecified atom stereocenters. The fourth-order valence-electron chi connectivity index (χ4n) is 1.42. The molecule has 0 saturated carbocycles. The Morgan fingerprint density at radius 2 is 1.80 bits per heavy atom. The molecular formula is C12H14O3. The molecule has 0 heterocycles. The standard InChI is InChI=1S/C12H14O3/c1-7-5-11(14)8(2)4-10(7)12(15)6-9(3)13/h4-5,14H,6H2,1-3H3. The first kappa shape index (κ1) is 11.4. The topological polar surface area (TPSA) is 54.4 Å². The molecule has 0 aliphatic carbocycles. The summed E-state index contributed by atoms with van der Waals surface area (Å²) < 4.78 is 0. The van der Waals surface area contributed by atoms with Crippen LogP contribution >= 0.6 is 0 Å². The number of rotatable bonds is 3. The number of carbonyl (C=O) groups is 2. The molecule has 80 valence electrons. The Labute approximate surface area is 88.7 Å². The SMILES string of the molecule is CC(=O)CC(=O)c1cc(C)c(O)cc1C. The molecule has 3 nitrogen and oxygen atoms in total. The molecule has 1 N–H and O–H groups in total. The van der Waals surface area contributed by atoms with E-state index in [9.17, 15) is 14.7 Å². The lowest BCUT2D eigenvalue weighted by molar-refractivity contribution is -0.116. The van der Waals surface area contributed by atoms with E-state index in [4.69, 9.17) is 0 Å². The van der Waals surface area contributed by atoms with Crippen molar-refractivity contribution >= 4 is 11.6 Å². The predicted octanol–water partition coefficient (Wildman–Crippen LogP) is 2.17. The van der Waals surface area contributed by atoms with Gasteiger partial charge in [0, 0.05) is 5.56 Å². The van der Waals surface area contributed by atoms with Gasteiger partial charge in [-0.25, -0.2) is 0 Å². The van der Waals surface area contributed by atoms with Crippen LogP contribution in [0.1, 0.15) is 34.8 Å². The van der Waals surface area contributed by atoms with E-state index in [-0.39, 0.29) is 23.7 Å². The molecule has 0 aromatic heterocycles. The number of phenolic OH excluding ortho intramolecular Hbond substituents is 1. The van der Waals surface area contributed by atoms with Crippen molar-refractivity contribution in [2.45, 2.75) is 27.2 Å². The van der Waals surface area contributed by atoms with Crippen LogP contribution in [0.25, 0.3) is 0 Å². The quantitative estimate of drug-likeness (QED) is 0.609. The second-order valence-corrected chi connectivity index (χ2v) is 3.76. The summed E-state index contributed by atoms with van der Waals surface area (Å²) in [5, 5.41) is 9.41. The smallest absolute Gasteiger partial charge is 0.170 e. The van der Waals surface area contributed by atoms with Crippen LogP contribution in [0.15, 0.2) is 12.1 Å². The van der Waals surface area contributed by atoms with E-state index >= 15 is 0 Å². The summed E-state index contributed by atoms with van der Waals surface area (Å²) in [6.07, 6.45) is -0.0783. The minimum absolute atomic E-state index is 0.0783. The summed E-state index contributed by atoms with van der Waals surface area (Å²) in [5.74, 6) is -0.167. The van der Waals surface area contributed by atoms with Crippen molar-refractivity contribution in [2.75, 3.05) is 0 Å². The van der Waals surface area contributed by atoms with Gasteiger partial charge in [0.1, 0.15) is 11.5 Å². The van der Waals surface area contributed by atoms with Gasteiger partial charge in [0.05, 0.1) is 6.42 Å². The maximum atomic E-state index is 11.6. The number of hydrogen-bond acceptors (Lipinski definition) is 3. The van der Waals surface area contributed by atoms with Crippen molar-refractivity contribution in [1.82, 2.24) is 0 Å². The van der Waals surface area contributed by atoms with Gasteiger partial charge >= 0.3 is 0 Å². The van der Waals surface area contributed by atoms with E-state index in [1.807, 2.05) is 0 Å². The van der Waals surface area contributed by atoms with Crippen molar-refractivity contribution in [1.29, 1.82) is 0 Å². The Kier molecular flexibility index (Phi) is 3.24. The summed E-state index contributed by atoms with van der Waals surface area (Å²) in [4.78, 5) is 22.5. The van der Waals surface area contributed by atoms with Crippen molar-refractivity contribution in [3.8, 4) is 5.75 Å². The van der Waals surface area contributed by atoms with E-state index < -0.39 is 0 Å². The molecule has 0 aliphatic rings. The largest absolute Gasteiger partial charge is 0.508 e. The highest BCUT2D eigenvalue weighted by atomic mass is 16.3. The van der Waals surface area contributed by atoms with Gasteiger partial charge < -0.3 is 5.11 Å². The Morgan fingerprint density at radius 3 is 2.33 bits per heavy atom. The summed E-state index contributed by atoms with van der Waals surface area (Å²) in [6, 6.07) is 3.17. The molecule has 0 amide bonds. The van der Waals surface area contributed by atoms with E-state index in [1.54, 1.807) is 26.0 Å². The number of hydrogen-bond donors (Lipinski definition) is 1. The van der Waals surface area contributed by atoms with E-state index in [1.165, 1.54) is 6.92 Å². The third-order valence-corrected chi connectivity index (χ3v) is 2.25. The van der Waals surface area contributed by atoms with Crippen LogP contribution in [-0.2, 0) is 4.79 Å². The van der Waals surface area contributed by atoms with Gasteiger partial charge in [-0.2, -0.15) is 0 Å². The van der Waals surface area contributed by atoms with Crippen LogP contribution in [0, 0.1) is 13.8 Å². The lowest BCUT2D eigenvalue weighted by atomic mass is 9.98. The van der Waals surface area contributed by atoms with Crippen molar-refractivity contribution < 1.29 is 14.7 Å². The molecule has 1 aromatic carbocycles. The first-order valence-corrected chi connectivity index (χ1v) is 4.74. The summed E-state index contributed by atoms with van der Waals surface area (Å²) >= 11 is 0. The van der Waals surface area contributed by atoms with Gasteiger partial charge in [-0.3, -0.25) is 9.59 Å². The highest BCUT2D eigenvalue weighted by Crippen LogP contribution is 2.22. The minimum Gasteiger partial charge on any atom is -0.508 e. The van der Waals surface area contributed by atoms with Gasteiger partial charge in [-0.05, 0) is 44.0 Å². The molecule has 3 heteroatoms. The second kappa shape index (κ2) is 4.26. The monoisotopic (exact) mass is 206 g/mol. The summed E-state index contributed by atoms with van der Waals surface area (Å²) in [5.41, 5.74) is 1.86. The summed E-state index contributed by atoms with van der Waals surface area (Å²) in [7, 11) is 0. The number of benzene rings is 1. The normalized spacial score (nSPS) is 10.1. The molecule has 0 saturated heterocycles. The average molecular weight is 206 g/mol. The number of phenols is 1. The number of Topliss-reactive ketones (excluding diaryl/α,β-unsaturated/α-hetero) is 2. The Bertz CT molecular complexity index is 419. The molecule has 0 radical (unpaired) electrons. The van der Waals surface area contributed by atoms with Gasteiger partial charge in [0.25, 0.3) is 0 Å². The molecule has 0 aliphatic heterocycles. The maximum Gasteiger partial charge on any atom is 0.170 e. The zero-order valence-corrected chi connectivity index (χ0v) is 9.13. The average Bonchev–Trinajstić information content (AvgIpc) is 2.09. The van der Waals surface area contributed by atoms with E-state index in [0.29, 0.717) is 16.7 Å². The summed E-state index contributed by atoms with van der Waals surface area (Å²) in [6.45, 7) is 4.85. The Balaban J connectivity index is 3.09. The van der Waals surface area contributed by atoms with Crippen LogP contribution in [0.5, 0.6) is 5.75 Å². The lowest BCUT2D eigenvalue weighted by Gasteiger charge is -2.06. The Morgan fingerprint density at radius 1 is 1.20 bits per heavy atom. The zero-order valence-electron chi connectivity index (χ0n) is 9.13. The van der Waals surface area contributed by atoms with E-state index in [2.05, 4.69) is 0 Å². The third-order valence-electron chi connectivity index (χ3n) is 2.25. The van der Waals surface area contributed by atoms with Gasteiger partial charge in [-0.15, -0.1) is 0 Å². The lowest BCUT2D eigenvalue weighted by Crippen LogP contribution is -2.07. The molecule has 1 rings (SSSR count). The predicted molar refractivity (Wildman–Crippen MR) is 57.2 cm³/mol. The number of ketones is 2. The second-order valence-electron chi connectivity index (χ2n) is 3.76. The molecule has 0 atom stereocenters. The van der Waals surface area contributed by atoms with Crippen LogP contribution < -0.4 is 0 Å². The van der Waals surface area contributed by atoms with Crippen molar-refractivity contribution in [3.05, 3.63) is 28.8 Å². The van der Waals surface area contributed by atoms with Gasteiger partial charge in [-0.1, -0.05) is 0 Å². The highest BCUT2D eigenvalue weighted by molar-refractivity contribution is 6.08. The first-order valence-electron chi connectivity index (χ1n) is 4.74. The van der Waals surface area contributed by atoms with Gasteiger partial charge in [0.2, 0.25) is 0 Å².